The van der Waals surface area contributed by atoms with Crippen LogP contribution in [0.25, 0.3) is 0 Å². The van der Waals surface area contributed by atoms with Gasteiger partial charge in [0.1, 0.15) is 5.82 Å². The molecular weight excluding hydrogens is 232 g/mol. The van der Waals surface area contributed by atoms with Gasteiger partial charge >= 0.3 is 0 Å². The van der Waals surface area contributed by atoms with E-state index in [1.165, 1.54) is 24.0 Å². The Hall–Kier alpha value is -1.83. The topological polar surface area (TPSA) is 16.1 Å². The number of aryl methyl sites for hydroxylation is 2. The fourth-order valence-electron chi connectivity index (χ4n) is 3.01. The van der Waals surface area contributed by atoms with E-state index in [9.17, 15) is 0 Å². The maximum atomic E-state index is 4.69. The van der Waals surface area contributed by atoms with Gasteiger partial charge < -0.3 is 4.90 Å². The Morgan fingerprint density at radius 2 is 1.89 bits per heavy atom. The molecule has 2 aromatic rings. The summed E-state index contributed by atoms with van der Waals surface area (Å²) in [5.41, 5.74) is 3.92. The lowest BCUT2D eigenvalue weighted by Crippen LogP contribution is -2.24. The van der Waals surface area contributed by atoms with Gasteiger partial charge in [-0.3, -0.25) is 0 Å². The second-order valence-corrected chi connectivity index (χ2v) is 5.35. The molecule has 2 heteroatoms. The highest BCUT2D eigenvalue weighted by Crippen LogP contribution is 2.36. The van der Waals surface area contributed by atoms with E-state index in [1.807, 2.05) is 0 Å². The van der Waals surface area contributed by atoms with Gasteiger partial charge in [0.2, 0.25) is 0 Å². The highest BCUT2D eigenvalue weighted by atomic mass is 15.2. The Bertz CT molecular complexity index is 577. The molecule has 3 rings (SSSR count). The molecule has 0 N–H and O–H groups in total. The third-order valence-corrected chi connectivity index (χ3v) is 3.97. The Balaban J connectivity index is 1.96. The van der Waals surface area contributed by atoms with Crippen molar-refractivity contribution in [3.8, 4) is 0 Å². The lowest BCUT2D eigenvalue weighted by molar-refractivity contribution is 0.706. The van der Waals surface area contributed by atoms with Gasteiger partial charge in [0.25, 0.3) is 0 Å². The monoisotopic (exact) mass is 252 g/mol. The molecule has 1 aromatic carbocycles. The van der Waals surface area contributed by atoms with Crippen molar-refractivity contribution in [2.45, 2.75) is 32.7 Å². The van der Waals surface area contributed by atoms with Crippen molar-refractivity contribution < 1.29 is 0 Å². The highest BCUT2D eigenvalue weighted by Gasteiger charge is 2.27. The number of benzene rings is 1. The SMILES string of the molecule is Cc1cccc(N2CCCC2c2ccccc2C)n1. The zero-order chi connectivity index (χ0) is 13.2. The lowest BCUT2D eigenvalue weighted by Gasteiger charge is -2.27. The summed E-state index contributed by atoms with van der Waals surface area (Å²) in [6, 6.07) is 15.5. The van der Waals surface area contributed by atoms with Crippen LogP contribution in [0.1, 0.15) is 35.7 Å². The van der Waals surface area contributed by atoms with E-state index < -0.39 is 0 Å². The van der Waals surface area contributed by atoms with Crippen molar-refractivity contribution in [3.05, 3.63) is 59.3 Å². The summed E-state index contributed by atoms with van der Waals surface area (Å²) in [5.74, 6) is 1.12. The molecule has 1 fully saturated rings. The smallest absolute Gasteiger partial charge is 0.129 e. The van der Waals surface area contributed by atoms with Crippen LogP contribution >= 0.6 is 0 Å². The van der Waals surface area contributed by atoms with E-state index in [-0.39, 0.29) is 0 Å². The number of anilines is 1. The number of hydrogen-bond acceptors (Lipinski definition) is 2. The lowest BCUT2D eigenvalue weighted by atomic mass is 9.99. The zero-order valence-electron chi connectivity index (χ0n) is 11.6. The number of rotatable bonds is 2. The summed E-state index contributed by atoms with van der Waals surface area (Å²) in [4.78, 5) is 7.14. The normalized spacial score (nSPS) is 18.8. The predicted octanol–water partition coefficient (Wildman–Crippen LogP) is 4.04. The Morgan fingerprint density at radius 3 is 2.68 bits per heavy atom. The number of pyridine rings is 1. The standard InChI is InChI=1S/C17H20N2/c1-13-7-3-4-9-15(13)16-10-6-12-19(16)17-11-5-8-14(2)18-17/h3-5,7-9,11,16H,6,10,12H2,1-2H3. The van der Waals surface area contributed by atoms with Crippen molar-refractivity contribution in [2.75, 3.05) is 11.4 Å². The van der Waals surface area contributed by atoms with Gasteiger partial charge in [0.15, 0.2) is 0 Å². The molecule has 1 aliphatic heterocycles. The van der Waals surface area contributed by atoms with Crippen molar-refractivity contribution in [1.82, 2.24) is 4.98 Å². The van der Waals surface area contributed by atoms with E-state index in [4.69, 9.17) is 0 Å². The maximum Gasteiger partial charge on any atom is 0.129 e. The number of nitrogens with zero attached hydrogens (tertiary/aromatic N) is 2. The van der Waals surface area contributed by atoms with Crippen LogP contribution in [0.15, 0.2) is 42.5 Å². The Kier molecular flexibility index (Phi) is 3.24. The quantitative estimate of drug-likeness (QED) is 0.802. The summed E-state index contributed by atoms with van der Waals surface area (Å²) in [6.07, 6.45) is 2.47. The molecule has 0 bridgehead atoms. The molecule has 0 aliphatic carbocycles. The minimum atomic E-state index is 0.482. The summed E-state index contributed by atoms with van der Waals surface area (Å²) < 4.78 is 0. The fraction of sp³-hybridized carbons (Fsp3) is 0.353. The highest BCUT2D eigenvalue weighted by molar-refractivity contribution is 5.46. The molecule has 0 saturated carbocycles. The molecular formula is C17H20N2. The first-order valence-electron chi connectivity index (χ1n) is 7.01. The van der Waals surface area contributed by atoms with Gasteiger partial charge in [-0.2, -0.15) is 0 Å². The van der Waals surface area contributed by atoms with E-state index >= 15 is 0 Å². The van der Waals surface area contributed by atoms with Crippen molar-refractivity contribution >= 4 is 5.82 Å². The largest absolute Gasteiger partial charge is 0.350 e. The van der Waals surface area contributed by atoms with Crippen LogP contribution in [0.3, 0.4) is 0 Å². The van der Waals surface area contributed by atoms with Gasteiger partial charge in [-0.05, 0) is 49.9 Å². The maximum absolute atomic E-state index is 4.69. The minimum Gasteiger partial charge on any atom is -0.350 e. The van der Waals surface area contributed by atoms with Crippen LogP contribution in [0.4, 0.5) is 5.82 Å². The van der Waals surface area contributed by atoms with Crippen LogP contribution in [-0.2, 0) is 0 Å². The van der Waals surface area contributed by atoms with Crippen LogP contribution < -0.4 is 4.90 Å². The molecule has 19 heavy (non-hydrogen) atoms. The van der Waals surface area contributed by atoms with Crippen LogP contribution in [-0.4, -0.2) is 11.5 Å². The third-order valence-electron chi connectivity index (χ3n) is 3.97. The molecule has 0 amide bonds. The zero-order valence-corrected chi connectivity index (χ0v) is 11.6. The summed E-state index contributed by atoms with van der Waals surface area (Å²) in [7, 11) is 0. The van der Waals surface area contributed by atoms with Crippen LogP contribution in [0.2, 0.25) is 0 Å². The van der Waals surface area contributed by atoms with Gasteiger partial charge in [-0.1, -0.05) is 30.3 Å². The second kappa shape index (κ2) is 5.04. The third kappa shape index (κ3) is 2.35. The summed E-state index contributed by atoms with van der Waals surface area (Å²) in [5, 5.41) is 0. The molecule has 1 saturated heterocycles. The molecule has 1 aliphatic rings. The molecule has 2 nitrogen and oxygen atoms in total. The first kappa shape index (κ1) is 12.2. The molecule has 0 spiro atoms. The molecule has 2 heterocycles. The van der Waals surface area contributed by atoms with Crippen molar-refractivity contribution in [1.29, 1.82) is 0 Å². The van der Waals surface area contributed by atoms with E-state index in [2.05, 4.69) is 66.2 Å². The molecule has 0 radical (unpaired) electrons. The second-order valence-electron chi connectivity index (χ2n) is 5.35. The fourth-order valence-corrected chi connectivity index (χ4v) is 3.01. The molecule has 98 valence electrons. The van der Waals surface area contributed by atoms with Crippen LogP contribution in [0.5, 0.6) is 0 Å². The Labute approximate surface area is 115 Å². The first-order chi connectivity index (χ1) is 9.25. The van der Waals surface area contributed by atoms with Crippen LogP contribution in [0, 0.1) is 13.8 Å². The van der Waals surface area contributed by atoms with Crippen molar-refractivity contribution in [2.24, 2.45) is 0 Å². The molecule has 1 atom stereocenters. The average molecular weight is 252 g/mol. The van der Waals surface area contributed by atoms with Gasteiger partial charge in [-0.15, -0.1) is 0 Å². The Morgan fingerprint density at radius 1 is 1.05 bits per heavy atom. The van der Waals surface area contributed by atoms with Crippen molar-refractivity contribution in [3.63, 3.8) is 0 Å². The molecule has 1 unspecified atom stereocenters. The number of hydrogen-bond donors (Lipinski definition) is 0. The van der Waals surface area contributed by atoms with Gasteiger partial charge in [0, 0.05) is 12.2 Å². The summed E-state index contributed by atoms with van der Waals surface area (Å²) in [6.45, 7) is 5.37. The molecule has 1 aromatic heterocycles. The minimum absolute atomic E-state index is 0.482. The predicted molar refractivity (Wildman–Crippen MR) is 79.5 cm³/mol. The first-order valence-corrected chi connectivity index (χ1v) is 7.01. The van der Waals surface area contributed by atoms with E-state index in [0.717, 1.165) is 18.1 Å². The van der Waals surface area contributed by atoms with E-state index in [1.54, 1.807) is 0 Å². The van der Waals surface area contributed by atoms with E-state index in [0.29, 0.717) is 6.04 Å². The van der Waals surface area contributed by atoms with Gasteiger partial charge in [-0.25, -0.2) is 4.98 Å². The summed E-state index contributed by atoms with van der Waals surface area (Å²) >= 11 is 0. The number of aromatic nitrogens is 1. The average Bonchev–Trinajstić information content (AvgIpc) is 2.88. The van der Waals surface area contributed by atoms with Gasteiger partial charge in [0.05, 0.1) is 6.04 Å².